The molecular formula is C19H24N4OS. The van der Waals surface area contributed by atoms with E-state index < -0.39 is 0 Å². The van der Waals surface area contributed by atoms with Crippen LogP contribution in [0.25, 0.3) is 0 Å². The molecule has 0 radical (unpaired) electrons. The summed E-state index contributed by atoms with van der Waals surface area (Å²) in [7, 11) is 0. The molecular weight excluding hydrogens is 332 g/mol. The van der Waals surface area contributed by atoms with Crippen molar-refractivity contribution in [3.63, 3.8) is 0 Å². The number of carbonyl (C=O) groups is 1. The van der Waals surface area contributed by atoms with Gasteiger partial charge in [0.15, 0.2) is 0 Å². The van der Waals surface area contributed by atoms with Crippen molar-refractivity contribution in [1.29, 1.82) is 0 Å². The van der Waals surface area contributed by atoms with Crippen molar-refractivity contribution in [2.45, 2.75) is 32.0 Å². The first-order chi connectivity index (χ1) is 12.3. The summed E-state index contributed by atoms with van der Waals surface area (Å²) in [6.07, 6.45) is 4.25. The van der Waals surface area contributed by atoms with Crippen LogP contribution in [0, 0.1) is 5.92 Å². The smallest absolute Gasteiger partial charge is 0.317 e. The molecule has 3 aliphatic heterocycles. The van der Waals surface area contributed by atoms with E-state index in [-0.39, 0.29) is 6.03 Å². The van der Waals surface area contributed by atoms with Crippen LogP contribution in [0.4, 0.5) is 4.79 Å². The summed E-state index contributed by atoms with van der Waals surface area (Å²) < 4.78 is 0. The minimum absolute atomic E-state index is 0.0741. The maximum atomic E-state index is 12.6. The van der Waals surface area contributed by atoms with E-state index >= 15 is 0 Å². The van der Waals surface area contributed by atoms with Crippen molar-refractivity contribution in [3.05, 3.63) is 52.5 Å². The van der Waals surface area contributed by atoms with Crippen LogP contribution < -0.4 is 5.32 Å². The second-order valence-electron chi connectivity index (χ2n) is 6.99. The molecule has 2 aromatic rings. The minimum atomic E-state index is 0.0741. The first-order valence-electron chi connectivity index (χ1n) is 8.97. The number of urea groups is 1. The highest BCUT2D eigenvalue weighted by Crippen LogP contribution is 2.29. The largest absolute Gasteiger partial charge is 0.333 e. The molecule has 1 N–H and O–H groups in total. The number of amides is 2. The van der Waals surface area contributed by atoms with E-state index in [1.54, 1.807) is 11.3 Å². The molecule has 5 nitrogen and oxygen atoms in total. The van der Waals surface area contributed by atoms with E-state index in [1.807, 2.05) is 34.7 Å². The van der Waals surface area contributed by atoms with Crippen LogP contribution in [-0.2, 0) is 13.1 Å². The predicted octanol–water partition coefficient (Wildman–Crippen LogP) is 2.95. The summed E-state index contributed by atoms with van der Waals surface area (Å²) in [6.45, 7) is 4.26. The van der Waals surface area contributed by atoms with Gasteiger partial charge >= 0.3 is 6.03 Å². The Morgan fingerprint density at radius 1 is 1.20 bits per heavy atom. The Balaban J connectivity index is 1.38. The molecule has 0 spiro atoms. The first-order valence-corrected chi connectivity index (χ1v) is 9.85. The number of hydrogen-bond acceptors (Lipinski definition) is 4. The Kier molecular flexibility index (Phi) is 4.99. The van der Waals surface area contributed by atoms with E-state index in [2.05, 4.69) is 27.3 Å². The van der Waals surface area contributed by atoms with E-state index in [0.717, 1.165) is 31.9 Å². The summed E-state index contributed by atoms with van der Waals surface area (Å²) in [5, 5.41) is 5.13. The van der Waals surface area contributed by atoms with Crippen LogP contribution in [0.15, 0.2) is 41.9 Å². The van der Waals surface area contributed by atoms with Gasteiger partial charge in [-0.3, -0.25) is 9.88 Å². The fourth-order valence-corrected chi connectivity index (χ4v) is 4.57. The fourth-order valence-electron chi connectivity index (χ4n) is 3.93. The highest BCUT2D eigenvalue weighted by Gasteiger charge is 2.36. The molecule has 2 bridgehead atoms. The molecule has 0 saturated carbocycles. The Hall–Kier alpha value is -1.92. The fraction of sp³-hybridized carbons (Fsp3) is 0.474. The van der Waals surface area contributed by atoms with Crippen molar-refractivity contribution in [2.75, 3.05) is 19.6 Å². The summed E-state index contributed by atoms with van der Waals surface area (Å²) in [5.41, 5.74) is 1.11. The van der Waals surface area contributed by atoms with Crippen molar-refractivity contribution in [2.24, 2.45) is 5.92 Å². The van der Waals surface area contributed by atoms with Crippen LogP contribution in [0.3, 0.4) is 0 Å². The van der Waals surface area contributed by atoms with Gasteiger partial charge in [-0.25, -0.2) is 4.79 Å². The molecule has 0 aromatic carbocycles. The van der Waals surface area contributed by atoms with Crippen molar-refractivity contribution < 1.29 is 4.79 Å². The number of piperidine rings is 1. The zero-order valence-electron chi connectivity index (χ0n) is 14.3. The topological polar surface area (TPSA) is 48.5 Å². The number of aromatic nitrogens is 1. The number of hydrogen-bond donors (Lipinski definition) is 1. The molecule has 0 aliphatic carbocycles. The quantitative estimate of drug-likeness (QED) is 0.916. The Labute approximate surface area is 152 Å². The molecule has 6 heteroatoms. The maximum Gasteiger partial charge on any atom is 0.317 e. The van der Waals surface area contributed by atoms with E-state index in [1.165, 1.54) is 17.7 Å². The SMILES string of the molecule is O=C(NCc1cccs1)N1C[C@H]2CC[C@@H](C1)N(Cc1ccccn1)C2. The van der Waals surface area contributed by atoms with Crippen LogP contribution in [0.5, 0.6) is 0 Å². The molecule has 5 rings (SSSR count). The van der Waals surface area contributed by atoms with Gasteiger partial charge in [0.25, 0.3) is 0 Å². The average Bonchev–Trinajstić information content (AvgIpc) is 3.00. The lowest BCUT2D eigenvalue weighted by Gasteiger charge is -2.35. The van der Waals surface area contributed by atoms with E-state index in [4.69, 9.17) is 0 Å². The molecule has 132 valence electrons. The first kappa shape index (κ1) is 16.5. The molecule has 3 aliphatic rings. The Morgan fingerprint density at radius 3 is 2.96 bits per heavy atom. The molecule has 5 heterocycles. The van der Waals surface area contributed by atoms with E-state index in [0.29, 0.717) is 18.5 Å². The summed E-state index contributed by atoms with van der Waals surface area (Å²) in [6, 6.07) is 10.7. The molecule has 2 atom stereocenters. The number of fused-ring (bicyclic) bond motifs is 4. The average molecular weight is 356 g/mol. The van der Waals surface area contributed by atoms with Gasteiger partial charge in [-0.05, 0) is 42.3 Å². The second-order valence-corrected chi connectivity index (χ2v) is 8.02. The number of pyridine rings is 1. The number of thiophene rings is 1. The van der Waals surface area contributed by atoms with Gasteiger partial charge in [0, 0.05) is 43.3 Å². The van der Waals surface area contributed by atoms with Crippen molar-refractivity contribution in [1.82, 2.24) is 20.1 Å². The lowest BCUT2D eigenvalue weighted by molar-refractivity contribution is 0.122. The lowest BCUT2D eigenvalue weighted by atomic mass is 9.95. The Morgan fingerprint density at radius 2 is 2.16 bits per heavy atom. The van der Waals surface area contributed by atoms with Crippen LogP contribution >= 0.6 is 11.3 Å². The molecule has 0 unspecified atom stereocenters. The second kappa shape index (κ2) is 7.54. The third-order valence-corrected chi connectivity index (χ3v) is 6.08. The van der Waals surface area contributed by atoms with Gasteiger partial charge in [-0.1, -0.05) is 12.1 Å². The molecule has 2 amide bonds. The lowest BCUT2D eigenvalue weighted by Crippen LogP contribution is -2.45. The third kappa shape index (κ3) is 4.02. The highest BCUT2D eigenvalue weighted by molar-refractivity contribution is 7.09. The predicted molar refractivity (Wildman–Crippen MR) is 99.3 cm³/mol. The summed E-state index contributed by atoms with van der Waals surface area (Å²) >= 11 is 1.68. The van der Waals surface area contributed by atoms with Crippen molar-refractivity contribution in [3.8, 4) is 0 Å². The molecule has 3 fully saturated rings. The zero-order chi connectivity index (χ0) is 17.1. The van der Waals surface area contributed by atoms with Gasteiger partial charge in [-0.2, -0.15) is 0 Å². The van der Waals surface area contributed by atoms with Crippen LogP contribution in [-0.4, -0.2) is 46.5 Å². The van der Waals surface area contributed by atoms with Gasteiger partial charge in [0.2, 0.25) is 0 Å². The summed E-state index contributed by atoms with van der Waals surface area (Å²) in [4.78, 5) is 22.8. The number of carbonyl (C=O) groups excluding carboxylic acids is 1. The molecule has 3 saturated heterocycles. The minimum Gasteiger partial charge on any atom is -0.333 e. The van der Waals surface area contributed by atoms with Crippen molar-refractivity contribution >= 4 is 17.4 Å². The van der Waals surface area contributed by atoms with Crippen LogP contribution in [0.2, 0.25) is 0 Å². The van der Waals surface area contributed by atoms with Gasteiger partial charge in [0.05, 0.1) is 12.2 Å². The monoisotopic (exact) mass is 356 g/mol. The standard InChI is InChI=1S/C19H24N4OS/c24-19(21-10-18-5-3-9-25-18)23-12-15-6-7-17(14-23)22(11-15)13-16-4-1-2-8-20-16/h1-5,8-9,15,17H,6-7,10-14H2,(H,21,24)/t15-,17-/m0/s1. The van der Waals surface area contributed by atoms with Crippen LogP contribution in [0.1, 0.15) is 23.4 Å². The zero-order valence-corrected chi connectivity index (χ0v) is 15.1. The summed E-state index contributed by atoms with van der Waals surface area (Å²) in [5.74, 6) is 0.565. The molecule has 2 aromatic heterocycles. The Bertz CT molecular complexity index is 691. The van der Waals surface area contributed by atoms with Gasteiger partial charge in [-0.15, -0.1) is 11.3 Å². The normalized spacial score (nSPS) is 23.4. The van der Waals surface area contributed by atoms with E-state index in [9.17, 15) is 4.79 Å². The van der Waals surface area contributed by atoms with Gasteiger partial charge in [0.1, 0.15) is 0 Å². The van der Waals surface area contributed by atoms with Gasteiger partial charge < -0.3 is 10.2 Å². The third-order valence-electron chi connectivity index (χ3n) is 5.20. The maximum absolute atomic E-state index is 12.6. The highest BCUT2D eigenvalue weighted by atomic mass is 32.1. The molecule has 25 heavy (non-hydrogen) atoms. The number of nitrogens with one attached hydrogen (secondary N) is 1. The number of nitrogens with zero attached hydrogens (tertiary/aromatic N) is 3. The number of rotatable bonds is 4.